The minimum atomic E-state index is -1.01. The van der Waals surface area contributed by atoms with Crippen molar-refractivity contribution in [2.24, 2.45) is 0 Å². The van der Waals surface area contributed by atoms with Gasteiger partial charge in [-0.3, -0.25) is 24.6 Å². The first-order valence-corrected chi connectivity index (χ1v) is 10.1. The third-order valence-electron chi connectivity index (χ3n) is 5.21. The molecule has 0 heterocycles. The van der Waals surface area contributed by atoms with E-state index in [-0.39, 0.29) is 36.5 Å². The third-order valence-corrected chi connectivity index (χ3v) is 5.21. The molecule has 9 heteroatoms. The molecule has 2 aromatic rings. The molecule has 31 heavy (non-hydrogen) atoms. The van der Waals surface area contributed by atoms with Crippen molar-refractivity contribution in [1.82, 2.24) is 4.90 Å². The SMILES string of the molecule is Cc1cccc(C)c1NC(=O)CN(CCC(=O)Nc1ccc([N+](=O)[O-])c(F)c1)C1CC1. The van der Waals surface area contributed by atoms with E-state index in [9.17, 15) is 24.1 Å². The number of hydrogen-bond donors (Lipinski definition) is 2. The van der Waals surface area contributed by atoms with Gasteiger partial charge in [0.15, 0.2) is 0 Å². The van der Waals surface area contributed by atoms with Gasteiger partial charge in [-0.25, -0.2) is 0 Å². The first-order valence-electron chi connectivity index (χ1n) is 10.1. The van der Waals surface area contributed by atoms with Crippen molar-refractivity contribution in [2.75, 3.05) is 23.7 Å². The van der Waals surface area contributed by atoms with Crippen molar-refractivity contribution < 1.29 is 18.9 Å². The van der Waals surface area contributed by atoms with Gasteiger partial charge in [0.25, 0.3) is 0 Å². The maximum atomic E-state index is 13.7. The van der Waals surface area contributed by atoms with Crippen molar-refractivity contribution >= 4 is 28.9 Å². The number of carbonyl (C=O) groups is 2. The summed E-state index contributed by atoms with van der Waals surface area (Å²) in [6.45, 7) is 4.43. The van der Waals surface area contributed by atoms with Crippen molar-refractivity contribution in [3.05, 3.63) is 63.5 Å². The average molecular weight is 428 g/mol. The molecule has 1 aliphatic carbocycles. The zero-order valence-electron chi connectivity index (χ0n) is 17.5. The van der Waals surface area contributed by atoms with Crippen LogP contribution in [0, 0.1) is 29.8 Å². The second-order valence-corrected chi connectivity index (χ2v) is 7.74. The fraction of sp³-hybridized carbons (Fsp3) is 0.364. The number of halogens is 1. The molecule has 2 aromatic carbocycles. The Morgan fingerprint density at radius 1 is 1.13 bits per heavy atom. The Hall–Kier alpha value is -3.33. The second kappa shape index (κ2) is 9.65. The lowest BCUT2D eigenvalue weighted by Gasteiger charge is -2.22. The fourth-order valence-corrected chi connectivity index (χ4v) is 3.41. The van der Waals surface area contributed by atoms with Crippen LogP contribution in [-0.2, 0) is 9.59 Å². The quantitative estimate of drug-likeness (QED) is 0.467. The summed E-state index contributed by atoms with van der Waals surface area (Å²) in [4.78, 5) is 36.7. The van der Waals surface area contributed by atoms with E-state index in [4.69, 9.17) is 0 Å². The highest BCUT2D eigenvalue weighted by atomic mass is 19.1. The molecule has 0 aliphatic heterocycles. The summed E-state index contributed by atoms with van der Waals surface area (Å²) in [5, 5.41) is 16.2. The number of amides is 2. The maximum absolute atomic E-state index is 13.7. The van der Waals surface area contributed by atoms with E-state index in [1.807, 2.05) is 36.9 Å². The van der Waals surface area contributed by atoms with Gasteiger partial charge in [0, 0.05) is 42.5 Å². The monoisotopic (exact) mass is 428 g/mol. The normalized spacial score (nSPS) is 13.2. The second-order valence-electron chi connectivity index (χ2n) is 7.74. The number of benzene rings is 2. The average Bonchev–Trinajstić information content (AvgIpc) is 3.53. The summed E-state index contributed by atoms with van der Waals surface area (Å²) < 4.78 is 13.7. The van der Waals surface area contributed by atoms with Gasteiger partial charge < -0.3 is 10.6 Å². The maximum Gasteiger partial charge on any atom is 0.304 e. The standard InChI is InChI=1S/C22H25FN4O4/c1-14-4-3-5-15(2)22(14)25-21(29)13-26(17-7-8-17)11-10-20(28)24-16-6-9-19(27(30)31)18(23)12-16/h3-6,9,12,17H,7-8,10-11,13H2,1-2H3,(H,24,28)(H,25,29). The lowest BCUT2D eigenvalue weighted by atomic mass is 10.1. The molecule has 2 amide bonds. The first-order chi connectivity index (χ1) is 14.7. The summed E-state index contributed by atoms with van der Waals surface area (Å²) in [6.07, 6.45) is 2.07. The van der Waals surface area contributed by atoms with E-state index in [0.29, 0.717) is 6.54 Å². The number of carbonyl (C=O) groups excluding carboxylic acids is 2. The van der Waals surface area contributed by atoms with Crippen molar-refractivity contribution in [3.8, 4) is 0 Å². The van der Waals surface area contributed by atoms with Gasteiger partial charge in [-0.05, 0) is 43.9 Å². The smallest absolute Gasteiger partial charge is 0.304 e. The predicted octanol–water partition coefficient (Wildman–Crippen LogP) is 3.78. The number of anilines is 2. The van der Waals surface area contributed by atoms with Crippen molar-refractivity contribution in [3.63, 3.8) is 0 Å². The van der Waals surface area contributed by atoms with Gasteiger partial charge in [-0.2, -0.15) is 4.39 Å². The Bertz CT molecular complexity index is 987. The Labute approximate surface area is 179 Å². The molecule has 1 aliphatic rings. The van der Waals surface area contributed by atoms with E-state index < -0.39 is 16.4 Å². The van der Waals surface area contributed by atoms with Crippen LogP contribution in [0.5, 0.6) is 0 Å². The number of nitro groups is 1. The molecule has 1 saturated carbocycles. The predicted molar refractivity (Wildman–Crippen MR) is 115 cm³/mol. The lowest BCUT2D eigenvalue weighted by molar-refractivity contribution is -0.387. The van der Waals surface area contributed by atoms with Gasteiger partial charge in [0.2, 0.25) is 17.6 Å². The molecular formula is C22H25FN4O4. The first kappa shape index (κ1) is 22.4. The Morgan fingerprint density at radius 2 is 1.81 bits per heavy atom. The number of hydrogen-bond acceptors (Lipinski definition) is 5. The van der Waals surface area contributed by atoms with Crippen LogP contribution in [0.25, 0.3) is 0 Å². The van der Waals surface area contributed by atoms with Crippen LogP contribution in [0.2, 0.25) is 0 Å². The van der Waals surface area contributed by atoms with Crippen LogP contribution >= 0.6 is 0 Å². The highest BCUT2D eigenvalue weighted by Gasteiger charge is 2.30. The molecule has 8 nitrogen and oxygen atoms in total. The van der Waals surface area contributed by atoms with E-state index in [1.165, 1.54) is 6.07 Å². The van der Waals surface area contributed by atoms with Gasteiger partial charge in [0.1, 0.15) is 0 Å². The molecule has 3 rings (SSSR count). The minimum Gasteiger partial charge on any atom is -0.326 e. The Morgan fingerprint density at radius 3 is 2.39 bits per heavy atom. The van der Waals surface area contributed by atoms with Crippen LogP contribution in [0.4, 0.5) is 21.5 Å². The van der Waals surface area contributed by atoms with Gasteiger partial charge in [-0.1, -0.05) is 18.2 Å². The van der Waals surface area contributed by atoms with Gasteiger partial charge >= 0.3 is 5.69 Å². The molecule has 0 bridgehead atoms. The van der Waals surface area contributed by atoms with E-state index in [1.54, 1.807) is 0 Å². The number of para-hydroxylation sites is 1. The molecule has 0 saturated heterocycles. The van der Waals surface area contributed by atoms with Crippen molar-refractivity contribution in [1.29, 1.82) is 0 Å². The van der Waals surface area contributed by atoms with Crippen molar-refractivity contribution in [2.45, 2.75) is 39.2 Å². The molecule has 1 fully saturated rings. The summed E-state index contributed by atoms with van der Waals surface area (Å²) in [7, 11) is 0. The van der Waals surface area contributed by atoms with Crippen LogP contribution < -0.4 is 10.6 Å². The number of nitro benzene ring substituents is 1. The molecule has 164 valence electrons. The van der Waals surface area contributed by atoms with Crippen LogP contribution in [0.15, 0.2) is 36.4 Å². The molecule has 0 unspecified atom stereocenters. The number of nitrogens with one attached hydrogen (secondary N) is 2. The number of nitrogens with zero attached hydrogens (tertiary/aromatic N) is 2. The molecular weight excluding hydrogens is 403 g/mol. The Balaban J connectivity index is 1.53. The van der Waals surface area contributed by atoms with Crippen LogP contribution in [0.3, 0.4) is 0 Å². The van der Waals surface area contributed by atoms with Gasteiger partial charge in [0.05, 0.1) is 11.5 Å². The minimum absolute atomic E-state index is 0.117. The van der Waals surface area contributed by atoms with E-state index in [2.05, 4.69) is 10.6 Å². The largest absolute Gasteiger partial charge is 0.326 e. The van der Waals surface area contributed by atoms with Crippen LogP contribution in [-0.4, -0.2) is 40.8 Å². The Kier molecular flexibility index (Phi) is 6.96. The molecule has 0 spiro atoms. The molecule has 2 N–H and O–H groups in total. The van der Waals surface area contributed by atoms with E-state index >= 15 is 0 Å². The zero-order valence-corrected chi connectivity index (χ0v) is 17.5. The summed E-state index contributed by atoms with van der Waals surface area (Å²) in [5.41, 5.74) is 2.29. The third kappa shape index (κ3) is 6.08. The number of aryl methyl sites for hydroxylation is 2. The lowest BCUT2D eigenvalue weighted by Crippen LogP contribution is -2.37. The highest BCUT2D eigenvalue weighted by Crippen LogP contribution is 2.27. The van der Waals surface area contributed by atoms with E-state index in [0.717, 1.165) is 41.8 Å². The zero-order chi connectivity index (χ0) is 22.5. The summed E-state index contributed by atoms with van der Waals surface area (Å²) in [5.74, 6) is -1.50. The molecule has 0 atom stereocenters. The summed E-state index contributed by atoms with van der Waals surface area (Å²) >= 11 is 0. The molecule has 0 aromatic heterocycles. The fourth-order valence-electron chi connectivity index (χ4n) is 3.41. The summed E-state index contributed by atoms with van der Waals surface area (Å²) in [6, 6.07) is 9.31. The highest BCUT2D eigenvalue weighted by molar-refractivity contribution is 5.94. The van der Waals surface area contributed by atoms with Crippen LogP contribution in [0.1, 0.15) is 30.4 Å². The van der Waals surface area contributed by atoms with Gasteiger partial charge in [-0.15, -0.1) is 0 Å². The number of rotatable bonds is 9. The topological polar surface area (TPSA) is 105 Å². The molecule has 0 radical (unpaired) electrons.